The molecule has 1 aromatic rings. The molecule has 0 radical (unpaired) electrons. The van der Waals surface area contributed by atoms with E-state index in [0.717, 1.165) is 12.1 Å². The summed E-state index contributed by atoms with van der Waals surface area (Å²) in [4.78, 5) is 10.2. The molecule has 2 N–H and O–H groups in total. The van der Waals surface area contributed by atoms with Crippen LogP contribution >= 0.6 is 0 Å². The molecule has 0 saturated carbocycles. The standard InChI is InChI=1S/C10H10F3NO2/c11-10(12,13)8-3-1-7(2-4-8)9(5-15)14-6-16/h1-4,6,9,15H,5H2,(H,14,16). The monoisotopic (exact) mass is 233 g/mol. The molecular formula is C10H10F3NO2. The maximum absolute atomic E-state index is 12.2. The molecule has 0 aromatic heterocycles. The molecule has 0 heterocycles. The topological polar surface area (TPSA) is 49.3 Å². The van der Waals surface area contributed by atoms with Crippen molar-refractivity contribution in [3.05, 3.63) is 35.4 Å². The van der Waals surface area contributed by atoms with E-state index in [4.69, 9.17) is 5.11 Å². The van der Waals surface area contributed by atoms with Crippen molar-refractivity contribution in [2.24, 2.45) is 0 Å². The van der Waals surface area contributed by atoms with Gasteiger partial charge in [-0.05, 0) is 17.7 Å². The molecule has 0 saturated heterocycles. The van der Waals surface area contributed by atoms with Crippen LogP contribution in [0.15, 0.2) is 24.3 Å². The number of benzene rings is 1. The summed E-state index contributed by atoms with van der Waals surface area (Å²) in [6, 6.07) is 3.58. The van der Waals surface area contributed by atoms with Gasteiger partial charge in [-0.25, -0.2) is 0 Å². The quantitative estimate of drug-likeness (QED) is 0.774. The van der Waals surface area contributed by atoms with Gasteiger partial charge in [0.25, 0.3) is 0 Å². The van der Waals surface area contributed by atoms with Gasteiger partial charge >= 0.3 is 6.18 Å². The number of rotatable bonds is 4. The summed E-state index contributed by atoms with van der Waals surface area (Å²) in [5.74, 6) is 0. The molecule has 3 nitrogen and oxygen atoms in total. The fourth-order valence-corrected chi connectivity index (χ4v) is 1.24. The summed E-state index contributed by atoms with van der Waals surface area (Å²) >= 11 is 0. The summed E-state index contributed by atoms with van der Waals surface area (Å²) in [7, 11) is 0. The highest BCUT2D eigenvalue weighted by Gasteiger charge is 2.30. The van der Waals surface area contributed by atoms with E-state index in [1.54, 1.807) is 0 Å². The number of hydrogen-bond acceptors (Lipinski definition) is 2. The Balaban J connectivity index is 2.89. The third kappa shape index (κ3) is 2.96. The first kappa shape index (κ1) is 12.5. The van der Waals surface area contributed by atoms with E-state index in [1.807, 2.05) is 0 Å². The number of carbonyl (C=O) groups excluding carboxylic acids is 1. The second-order valence-corrected chi connectivity index (χ2v) is 3.14. The van der Waals surface area contributed by atoms with E-state index in [2.05, 4.69) is 5.32 Å². The number of nitrogens with one attached hydrogen (secondary N) is 1. The van der Waals surface area contributed by atoms with Crippen molar-refractivity contribution in [1.82, 2.24) is 5.32 Å². The summed E-state index contributed by atoms with van der Waals surface area (Å²) in [5.41, 5.74) is -0.346. The molecule has 0 aliphatic rings. The highest BCUT2D eigenvalue weighted by atomic mass is 19.4. The second-order valence-electron chi connectivity index (χ2n) is 3.14. The zero-order valence-electron chi connectivity index (χ0n) is 8.16. The number of aliphatic hydroxyl groups excluding tert-OH is 1. The Morgan fingerprint density at radius 3 is 2.25 bits per heavy atom. The van der Waals surface area contributed by atoms with Crippen molar-refractivity contribution in [3.63, 3.8) is 0 Å². The smallest absolute Gasteiger partial charge is 0.394 e. The summed E-state index contributed by atoms with van der Waals surface area (Å²) in [5, 5.41) is 11.2. The van der Waals surface area contributed by atoms with Crippen LogP contribution in [-0.4, -0.2) is 18.1 Å². The van der Waals surface area contributed by atoms with E-state index in [1.165, 1.54) is 12.1 Å². The summed E-state index contributed by atoms with van der Waals surface area (Å²) in [6.45, 7) is -0.371. The Morgan fingerprint density at radius 1 is 1.31 bits per heavy atom. The molecule has 16 heavy (non-hydrogen) atoms. The number of carbonyl (C=O) groups is 1. The third-order valence-electron chi connectivity index (χ3n) is 2.09. The molecule has 0 aliphatic heterocycles. The second kappa shape index (κ2) is 4.98. The maximum Gasteiger partial charge on any atom is 0.416 e. The molecule has 0 spiro atoms. The minimum absolute atomic E-state index is 0.371. The van der Waals surface area contributed by atoms with E-state index in [-0.39, 0.29) is 6.61 Å². The Labute approximate surface area is 89.9 Å². The molecule has 0 bridgehead atoms. The minimum atomic E-state index is -4.38. The maximum atomic E-state index is 12.2. The first-order valence-electron chi connectivity index (χ1n) is 4.46. The Bertz CT molecular complexity index is 348. The summed E-state index contributed by atoms with van der Waals surface area (Å²) in [6.07, 6.45) is -4.00. The molecule has 1 rings (SSSR count). The average molecular weight is 233 g/mol. The first-order chi connectivity index (χ1) is 7.49. The number of alkyl halides is 3. The molecular weight excluding hydrogens is 223 g/mol. The molecule has 0 fully saturated rings. The van der Waals surface area contributed by atoms with Crippen LogP contribution in [-0.2, 0) is 11.0 Å². The van der Waals surface area contributed by atoms with E-state index in [0.29, 0.717) is 12.0 Å². The van der Waals surface area contributed by atoms with Gasteiger partial charge in [0.15, 0.2) is 0 Å². The van der Waals surface area contributed by atoms with Gasteiger partial charge in [0.2, 0.25) is 6.41 Å². The minimum Gasteiger partial charge on any atom is -0.394 e. The predicted octanol–water partition coefficient (Wildman–Crippen LogP) is 1.48. The molecule has 88 valence electrons. The molecule has 1 atom stereocenters. The van der Waals surface area contributed by atoms with Crippen molar-refractivity contribution in [1.29, 1.82) is 0 Å². The highest BCUT2D eigenvalue weighted by Crippen LogP contribution is 2.29. The van der Waals surface area contributed by atoms with Crippen molar-refractivity contribution in [2.45, 2.75) is 12.2 Å². The van der Waals surface area contributed by atoms with Crippen LogP contribution in [0.4, 0.5) is 13.2 Å². The Morgan fingerprint density at radius 2 is 1.88 bits per heavy atom. The number of aliphatic hydroxyl groups is 1. The van der Waals surface area contributed by atoms with Gasteiger partial charge in [-0.2, -0.15) is 13.2 Å². The Hall–Kier alpha value is -1.56. The third-order valence-corrected chi connectivity index (χ3v) is 2.09. The predicted molar refractivity (Wildman–Crippen MR) is 50.5 cm³/mol. The molecule has 0 aliphatic carbocycles. The van der Waals surface area contributed by atoms with Crippen LogP contribution in [0.3, 0.4) is 0 Å². The van der Waals surface area contributed by atoms with Gasteiger partial charge in [-0.1, -0.05) is 12.1 Å². The number of hydrogen-bond donors (Lipinski definition) is 2. The molecule has 1 aromatic carbocycles. The fraction of sp³-hybridized carbons (Fsp3) is 0.300. The van der Waals surface area contributed by atoms with Gasteiger partial charge in [-0.3, -0.25) is 4.79 Å². The normalized spacial score (nSPS) is 13.2. The van der Waals surface area contributed by atoms with Crippen LogP contribution in [0.25, 0.3) is 0 Å². The van der Waals surface area contributed by atoms with Crippen molar-refractivity contribution < 1.29 is 23.1 Å². The zero-order valence-corrected chi connectivity index (χ0v) is 8.16. The van der Waals surface area contributed by atoms with Crippen molar-refractivity contribution in [2.75, 3.05) is 6.61 Å². The van der Waals surface area contributed by atoms with Crippen LogP contribution in [0.2, 0.25) is 0 Å². The van der Waals surface area contributed by atoms with Crippen LogP contribution < -0.4 is 5.32 Å². The fourth-order valence-electron chi connectivity index (χ4n) is 1.24. The van der Waals surface area contributed by atoms with E-state index < -0.39 is 17.8 Å². The highest BCUT2D eigenvalue weighted by molar-refractivity contribution is 5.48. The largest absolute Gasteiger partial charge is 0.416 e. The van der Waals surface area contributed by atoms with Gasteiger partial charge in [0, 0.05) is 0 Å². The lowest BCUT2D eigenvalue weighted by molar-refractivity contribution is -0.137. The lowest BCUT2D eigenvalue weighted by Gasteiger charge is -2.14. The molecule has 6 heteroatoms. The SMILES string of the molecule is O=CNC(CO)c1ccc(C(F)(F)F)cc1. The van der Waals surface area contributed by atoms with Crippen LogP contribution in [0, 0.1) is 0 Å². The van der Waals surface area contributed by atoms with Gasteiger partial charge in [-0.15, -0.1) is 0 Å². The van der Waals surface area contributed by atoms with Gasteiger partial charge in [0.05, 0.1) is 18.2 Å². The van der Waals surface area contributed by atoms with E-state index in [9.17, 15) is 18.0 Å². The van der Waals surface area contributed by atoms with Crippen molar-refractivity contribution in [3.8, 4) is 0 Å². The van der Waals surface area contributed by atoms with Crippen LogP contribution in [0.5, 0.6) is 0 Å². The van der Waals surface area contributed by atoms with E-state index >= 15 is 0 Å². The zero-order chi connectivity index (χ0) is 12.2. The molecule has 1 amide bonds. The Kier molecular flexibility index (Phi) is 3.89. The van der Waals surface area contributed by atoms with Gasteiger partial charge in [0.1, 0.15) is 0 Å². The number of halogens is 3. The first-order valence-corrected chi connectivity index (χ1v) is 4.46. The van der Waals surface area contributed by atoms with Crippen LogP contribution in [0.1, 0.15) is 17.2 Å². The lowest BCUT2D eigenvalue weighted by Crippen LogP contribution is -2.22. The molecule has 1 unspecified atom stereocenters. The van der Waals surface area contributed by atoms with Gasteiger partial charge < -0.3 is 10.4 Å². The van der Waals surface area contributed by atoms with Crippen molar-refractivity contribution >= 4 is 6.41 Å². The number of amides is 1. The lowest BCUT2D eigenvalue weighted by atomic mass is 10.1. The summed E-state index contributed by atoms with van der Waals surface area (Å²) < 4.78 is 36.7. The average Bonchev–Trinajstić information content (AvgIpc) is 2.25.